The van der Waals surface area contributed by atoms with Crippen LogP contribution in [0.25, 0.3) is 22.6 Å². The Bertz CT molecular complexity index is 4730. The molecule has 2 aromatic carbocycles. The van der Waals surface area contributed by atoms with Crippen LogP contribution in [0.15, 0.2) is 166 Å². The smallest absolute Gasteiger partial charge is 0.339 e. The Labute approximate surface area is 575 Å². The second-order valence-electron chi connectivity index (χ2n) is 19.6. The van der Waals surface area contributed by atoms with Crippen LogP contribution in [-0.2, 0) is 23.2 Å². The number of aryl methyl sites for hydroxylation is 1. The van der Waals surface area contributed by atoms with Gasteiger partial charge in [-0.1, -0.05) is 42.1 Å². The van der Waals surface area contributed by atoms with Crippen LogP contribution in [0.2, 0.25) is 10.3 Å². The third kappa shape index (κ3) is 24.8. The number of benzene rings is 2. The summed E-state index contributed by atoms with van der Waals surface area (Å²) in [5.74, 6) is 0.0487. The van der Waals surface area contributed by atoms with Crippen molar-refractivity contribution in [2.24, 2.45) is 24.8 Å². The normalized spacial score (nSPS) is 13.9. The molecule has 0 spiro atoms. The molecule has 0 amide bonds. The number of H-pyrrole nitrogens is 1. The molecular weight excluding hydrogens is 1460 g/mol. The number of nitrogens with one attached hydrogen (secondary N) is 1. The van der Waals surface area contributed by atoms with Gasteiger partial charge in [-0.25, -0.2) is 55.4 Å². The molecule has 24 nitrogen and oxygen atoms in total. The quantitative estimate of drug-likeness (QED) is 0.0700. The number of hydrogen-bond donors (Lipinski definition) is 2. The van der Waals surface area contributed by atoms with Gasteiger partial charge in [-0.3, -0.25) is 37.9 Å². The molecule has 95 heavy (non-hydrogen) atoms. The maximum absolute atomic E-state index is 14.2. The number of amidine groups is 1. The third-order valence-electron chi connectivity index (χ3n) is 13.2. The van der Waals surface area contributed by atoms with Crippen molar-refractivity contribution in [3.05, 3.63) is 234 Å². The Hall–Kier alpha value is -7.75. The summed E-state index contributed by atoms with van der Waals surface area (Å²) in [4.78, 5) is 74.7. The SMILES string of the molecule is Clc1ccn2nccc2n1.Cn1ccc(=O)n(C)c1=O.Fc1ccc(F)c(C2CCCC2)c1.NC1=NCC=C1.O=Cc1cnn2ccc(Cl)nc12.O=Cc1cnn2ccc(N3CCC[C@@H]3c3cc(F)ccc3F)nc12.O=P(Cl)(Cl)Cl.O=P(Cl)(Cl)Cl.O=c1ccn2nccc2[nH]1. The zero-order valence-corrected chi connectivity index (χ0v) is 57.2. The average Bonchev–Trinajstić information content (AvgIpc) is 1.69. The van der Waals surface area contributed by atoms with Gasteiger partial charge in [-0.15, -0.1) is 0 Å². The number of nitrogens with two attached hydrogens (primary N) is 1. The minimum atomic E-state index is -3.22. The molecule has 1 atom stereocenters. The highest BCUT2D eigenvalue weighted by molar-refractivity contribution is 8.25. The number of rotatable bonds is 5. The average molecular weight is 1510 g/mol. The predicted octanol–water partition coefficient (Wildman–Crippen LogP) is 14.0. The van der Waals surface area contributed by atoms with Gasteiger partial charge in [-0.2, -0.15) is 20.4 Å². The van der Waals surface area contributed by atoms with E-state index in [9.17, 15) is 50.7 Å². The number of anilines is 1. The lowest BCUT2D eigenvalue weighted by Crippen LogP contribution is -2.35. The van der Waals surface area contributed by atoms with Crippen molar-refractivity contribution >= 4 is 148 Å². The van der Waals surface area contributed by atoms with Crippen molar-refractivity contribution in [2.75, 3.05) is 18.0 Å². The van der Waals surface area contributed by atoms with E-state index in [0.29, 0.717) is 86.7 Å². The van der Waals surface area contributed by atoms with E-state index in [1.807, 2.05) is 11.0 Å². The number of aromatic nitrogens is 14. The number of aromatic amines is 1. The van der Waals surface area contributed by atoms with Crippen molar-refractivity contribution in [3.63, 3.8) is 0 Å². The number of hydrogen-bond acceptors (Lipinski definition) is 17. The molecule has 14 rings (SSSR count). The van der Waals surface area contributed by atoms with Crippen molar-refractivity contribution in [2.45, 2.75) is 50.5 Å². The lowest BCUT2D eigenvalue weighted by molar-refractivity contribution is 0.111. The first-order chi connectivity index (χ1) is 45.0. The standard InChI is InChI=1S/C17H14F2N4O.C11H12F2.C7H4ClN3O.C6H4ClN3.C6H5N3O.C6H8N2O2.C4H6N2.2Cl3OP/c18-12-3-4-14(19)13(8-12)15-2-1-6-22(15)16-5-7-23-17(21-16)11(10-24)9-20-23;12-9-5-6-11(13)10(7-9)8-3-1-2-4-8;8-6-1-2-11-7(10-6)5(4-12)3-9-11;7-5-2-4-10-6(9-5)1-3-8-10;10-6-2-4-9-5(8-6)1-3-7-9;1-7-4-3-5(9)8(2)6(7)10;5-4-2-1-3-6-4;2*1-5(2,3)4/h3-5,7-10,15H,1-2,6H2;5-8H,1-4H2;1-4H;1-4H;1-4H,(H,8,10);3-4H,1-2H3;1-2H,3H2,(H2,5,6);;/t15-;;;;;;;;/m1......../s1. The van der Waals surface area contributed by atoms with Crippen LogP contribution in [0.5, 0.6) is 0 Å². The summed E-state index contributed by atoms with van der Waals surface area (Å²) in [6.07, 6.45) is 25.4. The van der Waals surface area contributed by atoms with Gasteiger partial charge < -0.3 is 20.2 Å². The van der Waals surface area contributed by atoms with E-state index in [4.69, 9.17) is 28.9 Å². The van der Waals surface area contributed by atoms with Crippen LogP contribution in [0.1, 0.15) is 82.3 Å². The van der Waals surface area contributed by atoms with Crippen LogP contribution in [0, 0.1) is 23.3 Å². The number of halogens is 12. The fourth-order valence-corrected chi connectivity index (χ4v) is 9.24. The van der Waals surface area contributed by atoms with E-state index in [2.05, 4.69) is 113 Å². The molecule has 0 unspecified atom stereocenters. The molecule has 0 radical (unpaired) electrons. The molecule has 9 aromatic heterocycles. The van der Waals surface area contributed by atoms with E-state index in [1.54, 1.807) is 89.7 Å². The highest BCUT2D eigenvalue weighted by Crippen LogP contribution is 2.62. The lowest BCUT2D eigenvalue weighted by atomic mass is 9.97. The third-order valence-corrected chi connectivity index (χ3v) is 13.6. The summed E-state index contributed by atoms with van der Waals surface area (Å²) < 4.78 is 81.5. The van der Waals surface area contributed by atoms with Crippen molar-refractivity contribution in [1.82, 2.24) is 67.5 Å². The molecule has 2 aliphatic heterocycles. The number of nitrogens with zero attached hydrogens (tertiary/aromatic N) is 15. The zero-order chi connectivity index (χ0) is 69.6. The summed E-state index contributed by atoms with van der Waals surface area (Å²) >= 11 is 39.0. The van der Waals surface area contributed by atoms with Gasteiger partial charge in [0.2, 0.25) is 0 Å². The topological polar surface area (TPSA) is 295 Å². The molecule has 11 heterocycles. The molecular formula is C57H53Cl8F4N17O7P2. The van der Waals surface area contributed by atoms with E-state index < -0.39 is 22.0 Å². The lowest BCUT2D eigenvalue weighted by Gasteiger charge is -2.26. The fourth-order valence-electron chi connectivity index (χ4n) is 8.96. The molecule has 502 valence electrons. The van der Waals surface area contributed by atoms with E-state index in [-0.39, 0.29) is 40.4 Å². The summed E-state index contributed by atoms with van der Waals surface area (Å²) in [6.45, 7) is 1.46. The summed E-state index contributed by atoms with van der Waals surface area (Å²) in [5.41, 5.74) is 8.68. The van der Waals surface area contributed by atoms with E-state index >= 15 is 0 Å². The van der Waals surface area contributed by atoms with Crippen LogP contribution in [-0.4, -0.2) is 99.0 Å². The highest BCUT2D eigenvalue weighted by Gasteiger charge is 2.30. The molecule has 3 aliphatic rings. The molecule has 2 fully saturated rings. The molecule has 0 bridgehead atoms. The Kier molecular flexibility index (Phi) is 29.2. The van der Waals surface area contributed by atoms with Gasteiger partial charge in [-0.05, 0) is 165 Å². The zero-order valence-electron chi connectivity index (χ0n) is 49.4. The number of aldehydes is 2. The Morgan fingerprint density at radius 3 is 1.72 bits per heavy atom. The molecule has 1 saturated heterocycles. The van der Waals surface area contributed by atoms with Gasteiger partial charge in [0.05, 0.1) is 48.5 Å². The molecule has 1 aliphatic carbocycles. The maximum Gasteiger partial charge on any atom is 0.339 e. The van der Waals surface area contributed by atoms with E-state index in [0.717, 1.165) is 61.0 Å². The van der Waals surface area contributed by atoms with Gasteiger partial charge in [0.25, 0.3) is 11.1 Å². The summed E-state index contributed by atoms with van der Waals surface area (Å²) in [5, 5.41) is 10.2. The summed E-state index contributed by atoms with van der Waals surface area (Å²) in [7, 11) is 3.05. The minimum absolute atomic E-state index is 0.104. The molecule has 1 saturated carbocycles. The van der Waals surface area contributed by atoms with E-state index in [1.165, 1.54) is 75.6 Å². The monoisotopic (exact) mass is 1510 g/mol. The summed E-state index contributed by atoms with van der Waals surface area (Å²) in [6, 6.07) is 18.4. The first-order valence-corrected chi connectivity index (χ1v) is 37.1. The minimum Gasteiger partial charge on any atom is -0.384 e. The number of aliphatic imine (C=N–C) groups is 1. The first-order valence-electron chi connectivity index (χ1n) is 27.5. The predicted molar refractivity (Wildman–Crippen MR) is 362 cm³/mol. The number of fused-ring (bicyclic) bond motifs is 4. The van der Waals surface area contributed by atoms with Crippen LogP contribution < -0.4 is 27.4 Å². The second-order valence-corrected chi connectivity index (χ2v) is 33.6. The maximum atomic E-state index is 14.2. The molecule has 11 aromatic rings. The van der Waals surface area contributed by atoms with Gasteiger partial charge in [0.15, 0.2) is 29.5 Å². The van der Waals surface area contributed by atoms with Crippen LogP contribution >= 0.6 is 101 Å². The second kappa shape index (κ2) is 36.4. The van der Waals surface area contributed by atoms with Gasteiger partial charge >= 0.3 is 16.1 Å². The van der Waals surface area contributed by atoms with Gasteiger partial charge in [0.1, 0.15) is 50.9 Å². The number of carbonyl (C=O) groups is 2. The highest BCUT2D eigenvalue weighted by atomic mass is 36.1. The Balaban J connectivity index is 0.000000177. The fraction of sp³-hybridized carbons (Fsp3) is 0.211. The first kappa shape index (κ1) is 76.3. The Morgan fingerprint density at radius 1 is 0.611 bits per heavy atom. The molecule has 38 heteroatoms. The van der Waals surface area contributed by atoms with Crippen LogP contribution in [0.3, 0.4) is 0 Å². The number of carbonyl (C=O) groups excluding carboxylic acids is 2. The molecule has 3 N–H and O–H groups in total. The largest absolute Gasteiger partial charge is 0.384 e. The van der Waals surface area contributed by atoms with Crippen molar-refractivity contribution in [3.8, 4) is 0 Å². The van der Waals surface area contributed by atoms with Crippen LogP contribution in [0.4, 0.5) is 23.4 Å². The van der Waals surface area contributed by atoms with Crippen molar-refractivity contribution < 1.29 is 36.3 Å². The van der Waals surface area contributed by atoms with Crippen molar-refractivity contribution in [1.29, 1.82) is 0 Å². The van der Waals surface area contributed by atoms with Gasteiger partial charge in [0, 0.05) is 81.5 Å². The Morgan fingerprint density at radius 2 is 1.15 bits per heavy atom.